The fraction of sp³-hybridized carbons (Fsp3) is 0.125. The molecule has 0 fully saturated rings. The van der Waals surface area contributed by atoms with E-state index in [1.165, 1.54) is 42.5 Å². The molecule has 0 unspecified atom stereocenters. The largest absolute Gasteiger partial charge is 0.336 e. The van der Waals surface area contributed by atoms with Gasteiger partial charge in [0.25, 0.3) is 0 Å². The fourth-order valence-electron chi connectivity index (χ4n) is 1.92. The topological polar surface area (TPSA) is 52.9 Å². The molecule has 3 nitrogen and oxygen atoms in total. The molecule has 0 bridgehead atoms. The lowest BCUT2D eigenvalue weighted by atomic mass is 10.1. The zero-order valence-corrected chi connectivity index (χ0v) is 12.1. The maximum Gasteiger partial charge on any atom is 0.225 e. The predicted molar refractivity (Wildman–Crippen MR) is 78.0 cm³/mol. The van der Waals surface area contributed by atoms with Crippen LogP contribution in [-0.2, 0) is 11.2 Å². The van der Waals surface area contributed by atoms with Gasteiger partial charge in [0.1, 0.15) is 17.7 Å². The van der Waals surface area contributed by atoms with Gasteiger partial charge in [0.05, 0.1) is 12.5 Å². The SMILES string of the molecule is N#C[C@H](NC(=O)Cc1c(F)cccc1Cl)c1ccc(F)cc1. The normalized spacial score (nSPS) is 11.5. The molecule has 1 atom stereocenters. The number of carbonyl (C=O) groups excluding carboxylic acids is 1. The van der Waals surface area contributed by atoms with E-state index < -0.39 is 23.6 Å². The molecule has 0 saturated carbocycles. The van der Waals surface area contributed by atoms with Crippen molar-refractivity contribution in [3.8, 4) is 6.07 Å². The zero-order valence-electron chi connectivity index (χ0n) is 11.3. The van der Waals surface area contributed by atoms with Crippen LogP contribution in [0.5, 0.6) is 0 Å². The van der Waals surface area contributed by atoms with E-state index in [1.807, 2.05) is 6.07 Å². The van der Waals surface area contributed by atoms with Crippen LogP contribution in [-0.4, -0.2) is 5.91 Å². The summed E-state index contributed by atoms with van der Waals surface area (Å²) in [6.45, 7) is 0. The lowest BCUT2D eigenvalue weighted by Gasteiger charge is -2.13. The molecule has 112 valence electrons. The average Bonchev–Trinajstić information content (AvgIpc) is 2.50. The quantitative estimate of drug-likeness (QED) is 0.936. The first-order valence-electron chi connectivity index (χ1n) is 6.38. The summed E-state index contributed by atoms with van der Waals surface area (Å²) in [5.74, 6) is -1.58. The van der Waals surface area contributed by atoms with Crippen LogP contribution in [0, 0.1) is 23.0 Å². The number of nitrogens with zero attached hydrogens (tertiary/aromatic N) is 1. The standard InChI is InChI=1S/C16H11ClF2N2O/c17-13-2-1-3-14(19)12(13)8-16(22)21-15(9-20)10-4-6-11(18)7-5-10/h1-7,15H,8H2,(H,21,22)/t15-/m0/s1. The summed E-state index contributed by atoms with van der Waals surface area (Å²) >= 11 is 5.85. The van der Waals surface area contributed by atoms with Gasteiger partial charge in [-0.25, -0.2) is 8.78 Å². The van der Waals surface area contributed by atoms with Crippen LogP contribution in [0.4, 0.5) is 8.78 Å². The number of hydrogen-bond donors (Lipinski definition) is 1. The summed E-state index contributed by atoms with van der Waals surface area (Å²) in [5, 5.41) is 11.7. The number of halogens is 3. The molecule has 0 saturated heterocycles. The van der Waals surface area contributed by atoms with Gasteiger partial charge in [-0.2, -0.15) is 5.26 Å². The van der Waals surface area contributed by atoms with E-state index in [0.29, 0.717) is 5.56 Å². The highest BCUT2D eigenvalue weighted by atomic mass is 35.5. The Morgan fingerprint density at radius 3 is 2.50 bits per heavy atom. The van der Waals surface area contributed by atoms with Crippen LogP contribution in [0.2, 0.25) is 5.02 Å². The lowest BCUT2D eigenvalue weighted by molar-refractivity contribution is -0.120. The molecule has 1 N–H and O–H groups in total. The molecule has 0 aromatic heterocycles. The molecule has 0 spiro atoms. The molecule has 1 amide bonds. The Balaban J connectivity index is 2.10. The lowest BCUT2D eigenvalue weighted by Crippen LogP contribution is -2.29. The van der Waals surface area contributed by atoms with Gasteiger partial charge >= 0.3 is 0 Å². The maximum atomic E-state index is 13.6. The zero-order chi connectivity index (χ0) is 16.1. The molecule has 0 aliphatic carbocycles. The van der Waals surface area contributed by atoms with Crippen LogP contribution < -0.4 is 5.32 Å². The van der Waals surface area contributed by atoms with E-state index in [2.05, 4.69) is 5.32 Å². The van der Waals surface area contributed by atoms with Crippen LogP contribution in [0.15, 0.2) is 42.5 Å². The summed E-state index contributed by atoms with van der Waals surface area (Å²) in [4.78, 5) is 12.0. The van der Waals surface area contributed by atoms with Crippen molar-refractivity contribution in [2.75, 3.05) is 0 Å². The van der Waals surface area contributed by atoms with Crippen LogP contribution >= 0.6 is 11.6 Å². The Bertz CT molecular complexity index is 706. The highest BCUT2D eigenvalue weighted by molar-refractivity contribution is 6.31. The van der Waals surface area contributed by atoms with Gasteiger partial charge in [-0.1, -0.05) is 29.8 Å². The first kappa shape index (κ1) is 15.9. The molecule has 0 aliphatic rings. The number of rotatable bonds is 4. The van der Waals surface area contributed by atoms with Gasteiger partial charge in [0.2, 0.25) is 5.91 Å². The minimum Gasteiger partial charge on any atom is -0.336 e. The van der Waals surface area contributed by atoms with Crippen LogP contribution in [0.1, 0.15) is 17.2 Å². The third-order valence-corrected chi connectivity index (χ3v) is 3.39. The molecule has 6 heteroatoms. The van der Waals surface area contributed by atoms with Crippen molar-refractivity contribution in [1.29, 1.82) is 5.26 Å². The van der Waals surface area contributed by atoms with E-state index in [0.717, 1.165) is 0 Å². The number of hydrogen-bond acceptors (Lipinski definition) is 2. The molecule has 2 rings (SSSR count). The Morgan fingerprint density at radius 2 is 1.91 bits per heavy atom. The Hall–Kier alpha value is -2.45. The minimum absolute atomic E-state index is 0.0671. The fourth-order valence-corrected chi connectivity index (χ4v) is 2.15. The molecule has 0 heterocycles. The van der Waals surface area contributed by atoms with Crippen molar-refractivity contribution in [1.82, 2.24) is 5.32 Å². The highest BCUT2D eigenvalue weighted by Gasteiger charge is 2.17. The van der Waals surface area contributed by atoms with Gasteiger partial charge in [0.15, 0.2) is 0 Å². The molecule has 2 aromatic rings. The molecule has 0 radical (unpaired) electrons. The van der Waals surface area contributed by atoms with Crippen LogP contribution in [0.3, 0.4) is 0 Å². The van der Waals surface area contributed by atoms with Crippen molar-refractivity contribution in [3.05, 3.63) is 70.2 Å². The third-order valence-electron chi connectivity index (χ3n) is 3.04. The summed E-state index contributed by atoms with van der Waals surface area (Å²) in [6, 6.07) is 10.3. The van der Waals surface area contributed by atoms with Crippen molar-refractivity contribution >= 4 is 17.5 Å². The second kappa shape index (κ2) is 7.01. The molecular formula is C16H11ClF2N2O. The summed E-state index contributed by atoms with van der Waals surface area (Å²) in [5.41, 5.74) is 0.509. The number of nitriles is 1. The third kappa shape index (κ3) is 3.80. The first-order chi connectivity index (χ1) is 10.5. The number of benzene rings is 2. The number of nitrogens with one attached hydrogen (secondary N) is 1. The van der Waals surface area contributed by atoms with Crippen molar-refractivity contribution in [3.63, 3.8) is 0 Å². The van der Waals surface area contributed by atoms with Gasteiger partial charge in [-0.05, 0) is 29.8 Å². The predicted octanol–water partition coefficient (Wildman–Crippen LogP) is 3.54. The van der Waals surface area contributed by atoms with E-state index in [9.17, 15) is 13.6 Å². The maximum absolute atomic E-state index is 13.6. The Morgan fingerprint density at radius 1 is 1.23 bits per heavy atom. The van der Waals surface area contributed by atoms with Gasteiger partial charge in [0, 0.05) is 10.6 Å². The highest BCUT2D eigenvalue weighted by Crippen LogP contribution is 2.20. The molecule has 22 heavy (non-hydrogen) atoms. The van der Waals surface area contributed by atoms with E-state index in [-0.39, 0.29) is 17.0 Å². The van der Waals surface area contributed by atoms with Gasteiger partial charge in [-0.15, -0.1) is 0 Å². The monoisotopic (exact) mass is 320 g/mol. The smallest absolute Gasteiger partial charge is 0.225 e. The first-order valence-corrected chi connectivity index (χ1v) is 6.76. The van der Waals surface area contributed by atoms with E-state index >= 15 is 0 Å². The minimum atomic E-state index is -0.946. The van der Waals surface area contributed by atoms with Crippen molar-refractivity contribution < 1.29 is 13.6 Å². The second-order valence-corrected chi connectivity index (χ2v) is 4.97. The van der Waals surface area contributed by atoms with Crippen molar-refractivity contribution in [2.45, 2.75) is 12.5 Å². The van der Waals surface area contributed by atoms with Crippen molar-refractivity contribution in [2.24, 2.45) is 0 Å². The second-order valence-electron chi connectivity index (χ2n) is 4.56. The number of amides is 1. The number of carbonyl (C=O) groups is 1. The van der Waals surface area contributed by atoms with Gasteiger partial charge in [-0.3, -0.25) is 4.79 Å². The Labute approximate surface area is 131 Å². The molecule has 0 aliphatic heterocycles. The van der Waals surface area contributed by atoms with Gasteiger partial charge < -0.3 is 5.32 Å². The summed E-state index contributed by atoms with van der Waals surface area (Å²) in [6.07, 6.45) is -0.287. The summed E-state index contributed by atoms with van der Waals surface area (Å²) < 4.78 is 26.5. The average molecular weight is 321 g/mol. The molecule has 2 aromatic carbocycles. The van der Waals surface area contributed by atoms with E-state index in [1.54, 1.807) is 0 Å². The van der Waals surface area contributed by atoms with Crippen LogP contribution in [0.25, 0.3) is 0 Å². The summed E-state index contributed by atoms with van der Waals surface area (Å²) in [7, 11) is 0. The molecular weight excluding hydrogens is 310 g/mol. The van der Waals surface area contributed by atoms with E-state index in [4.69, 9.17) is 16.9 Å². The Kier molecular flexibility index (Phi) is 5.08.